The van der Waals surface area contributed by atoms with Crippen LogP contribution >= 0.6 is 0 Å². The summed E-state index contributed by atoms with van der Waals surface area (Å²) in [6.07, 6.45) is 1.66. The van der Waals surface area contributed by atoms with E-state index in [0.717, 1.165) is 61.1 Å². The van der Waals surface area contributed by atoms with E-state index in [9.17, 15) is 4.79 Å². The molecule has 0 bridgehead atoms. The van der Waals surface area contributed by atoms with Crippen LogP contribution < -0.4 is 25.0 Å². The average molecular weight is 508 g/mol. The quantitative estimate of drug-likeness (QED) is 0.448. The van der Waals surface area contributed by atoms with Gasteiger partial charge in [0.1, 0.15) is 18.1 Å². The molecule has 2 aliphatic rings. The number of benzene rings is 2. The van der Waals surface area contributed by atoms with Crippen LogP contribution in [0.3, 0.4) is 0 Å². The number of methoxy groups -OCH3 is 1. The summed E-state index contributed by atoms with van der Waals surface area (Å²) >= 11 is 0. The fourth-order valence-corrected chi connectivity index (χ4v) is 4.44. The molecule has 3 aromatic rings. The normalized spacial score (nSPS) is 18.1. The Morgan fingerprint density at radius 3 is 2.76 bits per heavy atom. The van der Waals surface area contributed by atoms with Crippen molar-refractivity contribution in [3.05, 3.63) is 48.2 Å². The lowest BCUT2D eigenvalue weighted by molar-refractivity contribution is 0.0322. The molecule has 37 heavy (non-hydrogen) atoms. The lowest BCUT2D eigenvalue weighted by Crippen LogP contribution is -2.38. The largest absolute Gasteiger partial charge is 0.497 e. The minimum absolute atomic E-state index is 0.0746. The van der Waals surface area contributed by atoms with E-state index < -0.39 is 0 Å². The molecule has 10 nitrogen and oxygen atoms in total. The second-order valence-corrected chi connectivity index (χ2v) is 9.31. The van der Waals surface area contributed by atoms with Crippen LogP contribution in [0.4, 0.5) is 22.2 Å². The summed E-state index contributed by atoms with van der Waals surface area (Å²) in [5, 5.41) is 6.18. The Morgan fingerprint density at radius 2 is 2.00 bits per heavy atom. The highest BCUT2D eigenvalue weighted by Crippen LogP contribution is 2.34. The number of aromatic nitrogens is 1. The number of oxazole rings is 1. The van der Waals surface area contributed by atoms with Gasteiger partial charge in [0.25, 0.3) is 6.01 Å². The molecule has 1 aromatic heterocycles. The number of rotatable bonds is 9. The van der Waals surface area contributed by atoms with Crippen LogP contribution in [-0.4, -0.2) is 75.1 Å². The number of hydrogen-bond donors (Lipinski definition) is 2. The van der Waals surface area contributed by atoms with Gasteiger partial charge in [-0.05, 0) is 37.6 Å². The van der Waals surface area contributed by atoms with Gasteiger partial charge < -0.3 is 29.3 Å². The van der Waals surface area contributed by atoms with Gasteiger partial charge in [-0.25, -0.2) is 9.78 Å². The highest BCUT2D eigenvalue weighted by atomic mass is 16.5. The van der Waals surface area contributed by atoms with E-state index in [-0.39, 0.29) is 12.1 Å². The summed E-state index contributed by atoms with van der Waals surface area (Å²) in [6, 6.07) is 11.8. The molecule has 2 aliphatic heterocycles. The minimum atomic E-state index is -0.130. The van der Waals surface area contributed by atoms with Gasteiger partial charge in [0.15, 0.2) is 5.76 Å². The second kappa shape index (κ2) is 11.1. The number of morpholine rings is 1. The third kappa shape index (κ3) is 5.98. The van der Waals surface area contributed by atoms with Gasteiger partial charge in [-0.3, -0.25) is 9.80 Å². The number of hydrogen-bond acceptors (Lipinski definition) is 8. The first-order chi connectivity index (χ1) is 18.0. The van der Waals surface area contributed by atoms with Crippen molar-refractivity contribution in [3.63, 3.8) is 0 Å². The maximum Gasteiger partial charge on any atom is 0.322 e. The Kier molecular flexibility index (Phi) is 7.47. The molecule has 0 spiro atoms. The summed E-state index contributed by atoms with van der Waals surface area (Å²) < 4.78 is 22.9. The first kappa shape index (κ1) is 24.9. The van der Waals surface area contributed by atoms with Crippen molar-refractivity contribution in [2.45, 2.75) is 19.9 Å². The monoisotopic (exact) mass is 507 g/mol. The number of carbonyl (C=O) groups is 1. The van der Waals surface area contributed by atoms with Crippen LogP contribution in [0.5, 0.6) is 11.5 Å². The molecule has 2 N–H and O–H groups in total. The Morgan fingerprint density at radius 1 is 1.16 bits per heavy atom. The summed E-state index contributed by atoms with van der Waals surface area (Å²) in [6.45, 7) is 9.48. The predicted molar refractivity (Wildman–Crippen MR) is 141 cm³/mol. The lowest BCUT2D eigenvalue weighted by Gasteiger charge is -2.26. The molecule has 0 radical (unpaired) electrons. The van der Waals surface area contributed by atoms with E-state index >= 15 is 0 Å². The van der Waals surface area contributed by atoms with Crippen molar-refractivity contribution in [3.8, 4) is 22.8 Å². The third-order valence-electron chi connectivity index (χ3n) is 6.53. The highest BCUT2D eigenvalue weighted by Gasteiger charge is 2.27. The number of amides is 2. The molecule has 196 valence electrons. The fraction of sp³-hybridized carbons (Fsp3) is 0.407. The van der Waals surface area contributed by atoms with Crippen molar-refractivity contribution >= 4 is 23.4 Å². The number of nitrogens with zero attached hydrogens (tertiary/aromatic N) is 3. The molecule has 2 amide bonds. The molecule has 0 saturated carbocycles. The van der Waals surface area contributed by atoms with Crippen LogP contribution in [0.25, 0.3) is 11.3 Å². The van der Waals surface area contributed by atoms with Crippen molar-refractivity contribution in [1.29, 1.82) is 0 Å². The molecule has 2 aromatic carbocycles. The van der Waals surface area contributed by atoms with Crippen molar-refractivity contribution in [2.75, 3.05) is 63.3 Å². The highest BCUT2D eigenvalue weighted by molar-refractivity contribution is 5.95. The van der Waals surface area contributed by atoms with Gasteiger partial charge in [-0.15, -0.1) is 0 Å². The van der Waals surface area contributed by atoms with Gasteiger partial charge in [0, 0.05) is 61.3 Å². The van der Waals surface area contributed by atoms with E-state index in [0.29, 0.717) is 30.7 Å². The topological polar surface area (TPSA) is 101 Å². The zero-order valence-corrected chi connectivity index (χ0v) is 21.5. The molecule has 1 unspecified atom stereocenters. The van der Waals surface area contributed by atoms with Crippen molar-refractivity contribution in [2.24, 2.45) is 0 Å². The predicted octanol–water partition coefficient (Wildman–Crippen LogP) is 4.03. The summed E-state index contributed by atoms with van der Waals surface area (Å²) in [7, 11) is 1.60. The minimum Gasteiger partial charge on any atom is -0.497 e. The first-order valence-corrected chi connectivity index (χ1v) is 12.5. The van der Waals surface area contributed by atoms with Gasteiger partial charge in [-0.1, -0.05) is 6.07 Å². The zero-order chi connectivity index (χ0) is 25.8. The van der Waals surface area contributed by atoms with Gasteiger partial charge in [-0.2, -0.15) is 0 Å². The summed E-state index contributed by atoms with van der Waals surface area (Å²) in [5.74, 6) is 1.97. The van der Waals surface area contributed by atoms with Gasteiger partial charge in [0.05, 0.1) is 26.5 Å². The van der Waals surface area contributed by atoms with Crippen LogP contribution in [0.1, 0.15) is 12.5 Å². The van der Waals surface area contributed by atoms with Crippen LogP contribution in [-0.2, 0) is 4.74 Å². The number of aryl methyl sites for hydroxylation is 1. The first-order valence-electron chi connectivity index (χ1n) is 12.5. The standard InChI is InChI=1S/C27H33N5O5/c1-18-4-5-22(36-11-8-31-6-9-35-10-7-31)15-24(18)30-26-28-16-25(37-26)20-12-21(14-23(13-20)34-3)32-17-19(2)29-27(32)33/h4-5,12-16,19H,6-11,17H2,1-3H3,(H,28,30)(H,29,33). The van der Waals surface area contributed by atoms with Crippen LogP contribution in [0.15, 0.2) is 47.0 Å². The third-order valence-corrected chi connectivity index (χ3v) is 6.53. The molecular weight excluding hydrogens is 474 g/mol. The molecule has 10 heteroatoms. The second-order valence-electron chi connectivity index (χ2n) is 9.31. The number of ether oxygens (including phenoxy) is 3. The number of anilines is 3. The molecule has 5 rings (SSSR count). The number of carbonyl (C=O) groups excluding carboxylic acids is 1. The molecule has 1 atom stereocenters. The molecule has 0 aliphatic carbocycles. The molecular formula is C27H33N5O5. The fourth-order valence-electron chi connectivity index (χ4n) is 4.44. The Labute approximate surface area is 216 Å². The lowest BCUT2D eigenvalue weighted by atomic mass is 10.1. The Bertz CT molecular complexity index is 1240. The van der Waals surface area contributed by atoms with Gasteiger partial charge >= 0.3 is 6.03 Å². The maximum atomic E-state index is 12.4. The molecule has 3 heterocycles. The Balaban J connectivity index is 1.28. The number of urea groups is 1. The average Bonchev–Trinajstić information content (AvgIpc) is 3.51. The smallest absolute Gasteiger partial charge is 0.322 e. The van der Waals surface area contributed by atoms with Crippen molar-refractivity contribution in [1.82, 2.24) is 15.2 Å². The Hall–Kier alpha value is -3.76. The van der Waals surface area contributed by atoms with E-state index in [1.54, 1.807) is 18.2 Å². The van der Waals surface area contributed by atoms with Crippen LogP contribution in [0, 0.1) is 6.92 Å². The van der Waals surface area contributed by atoms with Crippen LogP contribution in [0.2, 0.25) is 0 Å². The van der Waals surface area contributed by atoms with E-state index in [4.69, 9.17) is 18.6 Å². The SMILES string of the molecule is COc1cc(-c2cnc(Nc3cc(OCCN4CCOCC4)ccc3C)o2)cc(N2CC(C)NC2=O)c1. The van der Waals surface area contributed by atoms with E-state index in [2.05, 4.69) is 20.5 Å². The zero-order valence-electron chi connectivity index (χ0n) is 21.5. The van der Waals surface area contributed by atoms with Crippen molar-refractivity contribution < 1.29 is 23.4 Å². The van der Waals surface area contributed by atoms with Gasteiger partial charge in [0.2, 0.25) is 0 Å². The summed E-state index contributed by atoms with van der Waals surface area (Å²) in [4.78, 5) is 20.8. The summed E-state index contributed by atoms with van der Waals surface area (Å²) in [5.41, 5.74) is 3.39. The van der Waals surface area contributed by atoms with E-state index in [1.807, 2.05) is 50.2 Å². The number of nitrogens with one attached hydrogen (secondary N) is 2. The van der Waals surface area contributed by atoms with E-state index in [1.165, 1.54) is 0 Å². The maximum absolute atomic E-state index is 12.4. The molecule has 2 saturated heterocycles. The molecule has 2 fully saturated rings.